The zero-order valence-corrected chi connectivity index (χ0v) is 49.2. The minimum absolute atomic E-state index is 0.00877. The molecule has 0 fully saturated rings. The highest BCUT2D eigenvalue weighted by molar-refractivity contribution is 8.32. The maximum Gasteiger partial charge on any atom is 0.145 e. The summed E-state index contributed by atoms with van der Waals surface area (Å²) in [4.78, 5) is 11.9. The Morgan fingerprint density at radius 3 is 1.44 bits per heavy atom. The van der Waals surface area contributed by atoms with Gasteiger partial charge in [0.25, 0.3) is 0 Å². The summed E-state index contributed by atoms with van der Waals surface area (Å²) in [5, 5.41) is 4.61. The Labute approximate surface area is 464 Å². The molecule has 4 nitrogen and oxygen atoms in total. The Morgan fingerprint density at radius 1 is 0.474 bits per heavy atom. The molecular formula is C72H71N3OSSi. The predicted octanol–water partition coefficient (Wildman–Crippen LogP) is 19.6. The molecule has 1 aliphatic rings. The van der Waals surface area contributed by atoms with E-state index < -0.39 is 23.5 Å². The Hall–Kier alpha value is -7.64. The van der Waals surface area contributed by atoms with E-state index in [-0.39, 0.29) is 10.8 Å². The highest BCUT2D eigenvalue weighted by Gasteiger charge is 2.50. The lowest BCUT2D eigenvalue weighted by Gasteiger charge is -2.36. The molecule has 0 atom stereocenters. The van der Waals surface area contributed by atoms with E-state index in [1.807, 2.05) is 6.20 Å². The normalized spacial score (nSPS) is 13.7. The van der Waals surface area contributed by atoms with Crippen LogP contribution in [0.15, 0.2) is 222 Å². The molecule has 0 spiro atoms. The summed E-state index contributed by atoms with van der Waals surface area (Å²) in [6.45, 7) is 21.0. The van der Waals surface area contributed by atoms with Gasteiger partial charge in [0.2, 0.25) is 0 Å². The zero-order chi connectivity index (χ0) is 54.5. The molecule has 0 bridgehead atoms. The van der Waals surface area contributed by atoms with E-state index in [0.717, 1.165) is 100 Å². The van der Waals surface area contributed by atoms with E-state index in [1.54, 1.807) is 0 Å². The minimum Gasteiger partial charge on any atom is -0.455 e. The largest absolute Gasteiger partial charge is 0.455 e. The van der Waals surface area contributed by atoms with Crippen molar-refractivity contribution < 1.29 is 4.42 Å². The molecular weight excluding hydrogens is 983 g/mol. The number of pyridine rings is 1. The van der Waals surface area contributed by atoms with Gasteiger partial charge in [-0.05, 0) is 159 Å². The third-order valence-corrected chi connectivity index (χ3v) is 20.0. The summed E-state index contributed by atoms with van der Waals surface area (Å²) in [6, 6.07) is 77.5. The van der Waals surface area contributed by atoms with E-state index in [4.69, 9.17) is 9.40 Å². The van der Waals surface area contributed by atoms with Crippen LogP contribution >= 0.6 is 10.0 Å². The van der Waals surface area contributed by atoms with Crippen LogP contribution in [0.1, 0.15) is 74.9 Å². The van der Waals surface area contributed by atoms with Crippen LogP contribution in [0.2, 0.25) is 19.6 Å². The molecule has 6 heteroatoms. The second-order valence-corrected chi connectivity index (χ2v) is 34.4. The van der Waals surface area contributed by atoms with Crippen LogP contribution in [0.25, 0.3) is 44.0 Å². The summed E-state index contributed by atoms with van der Waals surface area (Å²) in [7, 11) is -2.61. The van der Waals surface area contributed by atoms with Crippen molar-refractivity contribution in [2.45, 2.75) is 82.3 Å². The van der Waals surface area contributed by atoms with Crippen LogP contribution in [0.4, 0.5) is 34.1 Å². The van der Waals surface area contributed by atoms with Crippen molar-refractivity contribution in [1.82, 2.24) is 4.98 Å². The Kier molecular flexibility index (Phi) is 12.3. The molecule has 2 aromatic heterocycles. The lowest BCUT2D eigenvalue weighted by atomic mass is 9.67. The molecule has 9 aromatic carbocycles. The second-order valence-electron chi connectivity index (χ2n) is 25.2. The molecule has 11 aromatic rings. The summed E-state index contributed by atoms with van der Waals surface area (Å²) in [5.74, 6) is 0. The number of anilines is 6. The third-order valence-electron chi connectivity index (χ3n) is 16.2. The van der Waals surface area contributed by atoms with E-state index in [1.165, 1.54) is 21.2 Å². The van der Waals surface area contributed by atoms with E-state index in [0.29, 0.717) is 0 Å². The number of para-hydroxylation sites is 1. The van der Waals surface area contributed by atoms with E-state index >= 15 is 0 Å². The topological polar surface area (TPSA) is 32.5 Å². The predicted molar refractivity (Wildman–Crippen MR) is 340 cm³/mol. The van der Waals surface area contributed by atoms with E-state index in [9.17, 15) is 0 Å². The minimum atomic E-state index is -1.63. The Balaban J connectivity index is 1.24. The van der Waals surface area contributed by atoms with Crippen LogP contribution in [-0.4, -0.2) is 31.8 Å². The molecule has 12 rings (SSSR count). The standard InChI is InChI=1S/C72H71N3OSSi/c1-70(2,3)48-29-33-52(34-30-48)74(54-37-41-56(42-38-54)77(7,8)9)62-46-60-66(68-58(62)27-21-45-73-68)67-61(72(60,50-22-15-13-16-23-50)51-24-17-14-18-25-51)47-63(65-59-26-19-20-28-64(59)76-69(65)67)75(53-35-31-49(32-36-53)71(4,5)6)55-39-43-57(44-40-55)78(10,11)12/h13-47H,1-12H3. The fourth-order valence-electron chi connectivity index (χ4n) is 12.1. The third kappa shape index (κ3) is 8.56. The summed E-state index contributed by atoms with van der Waals surface area (Å²) in [5.41, 5.74) is 17.6. The SMILES string of the molecule is CC(C)(C)c1ccc(N(c2ccc(S(C)(C)C)cc2)c2cc3c(c4ncccc24)-c2c(cc(N(c4ccc(C(C)(C)C)cc4)c4ccc([Si](C)(C)C)cc4)c4c2oc2ccccc24)C3(c2ccccc2)c2ccccc2)cc1. The van der Waals surface area contributed by atoms with Gasteiger partial charge in [0, 0.05) is 50.8 Å². The molecule has 0 radical (unpaired) electrons. The second kappa shape index (κ2) is 18.8. The van der Waals surface area contributed by atoms with Gasteiger partial charge >= 0.3 is 0 Å². The van der Waals surface area contributed by atoms with Crippen molar-refractivity contribution in [2.75, 3.05) is 28.6 Å². The van der Waals surface area contributed by atoms with Crippen LogP contribution in [-0.2, 0) is 16.2 Å². The summed E-state index contributed by atoms with van der Waals surface area (Å²) >= 11 is 0. The number of hydrogen-bond acceptors (Lipinski definition) is 4. The van der Waals surface area contributed by atoms with Gasteiger partial charge in [-0.25, -0.2) is 10.0 Å². The molecule has 0 amide bonds. The number of benzene rings is 9. The number of fused-ring (bicyclic) bond motifs is 9. The van der Waals surface area contributed by atoms with Crippen molar-refractivity contribution >= 4 is 90.3 Å². The van der Waals surface area contributed by atoms with Gasteiger partial charge in [0.05, 0.1) is 35.8 Å². The molecule has 390 valence electrons. The first-order chi connectivity index (χ1) is 37.2. The smallest absolute Gasteiger partial charge is 0.145 e. The van der Waals surface area contributed by atoms with Gasteiger partial charge in [0.15, 0.2) is 0 Å². The monoisotopic (exact) mass is 1050 g/mol. The van der Waals surface area contributed by atoms with Crippen molar-refractivity contribution in [3.8, 4) is 11.1 Å². The molecule has 0 unspecified atom stereocenters. The van der Waals surface area contributed by atoms with Crippen LogP contribution in [0.3, 0.4) is 0 Å². The lowest BCUT2D eigenvalue weighted by Crippen LogP contribution is -2.37. The molecule has 0 N–H and O–H groups in total. The first-order valence-electron chi connectivity index (χ1n) is 27.5. The molecule has 0 aliphatic heterocycles. The fourth-order valence-corrected chi connectivity index (χ4v) is 14.2. The van der Waals surface area contributed by atoms with Crippen LogP contribution in [0.5, 0.6) is 0 Å². The van der Waals surface area contributed by atoms with Crippen molar-refractivity contribution in [2.24, 2.45) is 0 Å². The highest BCUT2D eigenvalue weighted by atomic mass is 32.3. The zero-order valence-electron chi connectivity index (χ0n) is 47.4. The number of nitrogens with zero attached hydrogens (tertiary/aromatic N) is 3. The van der Waals surface area contributed by atoms with Gasteiger partial charge in [-0.3, -0.25) is 4.98 Å². The molecule has 1 aliphatic carbocycles. The Morgan fingerprint density at radius 2 is 0.923 bits per heavy atom. The molecule has 0 saturated carbocycles. The Bertz CT molecular complexity index is 3870. The first-order valence-corrected chi connectivity index (χ1v) is 33.8. The first kappa shape index (κ1) is 51.1. The molecule has 0 saturated heterocycles. The quantitative estimate of drug-likeness (QED) is 0.128. The number of aromatic nitrogens is 1. The van der Waals surface area contributed by atoms with Crippen molar-refractivity contribution in [3.05, 3.63) is 246 Å². The average molecular weight is 1050 g/mol. The summed E-state index contributed by atoms with van der Waals surface area (Å²) < 4.78 is 7.49. The van der Waals surface area contributed by atoms with E-state index in [2.05, 4.69) is 296 Å². The van der Waals surface area contributed by atoms with Crippen LogP contribution < -0.4 is 15.0 Å². The summed E-state index contributed by atoms with van der Waals surface area (Å²) in [6.07, 6.45) is 9.07. The number of furan rings is 1. The lowest BCUT2D eigenvalue weighted by molar-refractivity contribution is 0.590. The molecule has 2 heterocycles. The average Bonchev–Trinajstić information content (AvgIpc) is 4.03. The highest BCUT2D eigenvalue weighted by Crippen LogP contribution is 2.63. The van der Waals surface area contributed by atoms with Gasteiger partial charge in [0.1, 0.15) is 11.2 Å². The van der Waals surface area contributed by atoms with Crippen LogP contribution in [0, 0.1) is 0 Å². The number of rotatable bonds is 10. The van der Waals surface area contributed by atoms with Gasteiger partial charge < -0.3 is 14.2 Å². The van der Waals surface area contributed by atoms with Crippen molar-refractivity contribution in [1.29, 1.82) is 0 Å². The maximum atomic E-state index is 7.49. The van der Waals surface area contributed by atoms with Gasteiger partial charge in [-0.15, -0.1) is 0 Å². The molecule has 78 heavy (non-hydrogen) atoms. The van der Waals surface area contributed by atoms with Crippen molar-refractivity contribution in [3.63, 3.8) is 0 Å². The fraction of sp³-hybridized carbons (Fsp3) is 0.208. The van der Waals surface area contributed by atoms with Gasteiger partial charge in [-0.2, -0.15) is 0 Å². The number of hydrogen-bond donors (Lipinski definition) is 0. The van der Waals surface area contributed by atoms with Gasteiger partial charge in [-0.1, -0.05) is 182 Å². The maximum absolute atomic E-state index is 7.49.